The van der Waals surface area contributed by atoms with Crippen LogP contribution in [0.15, 0.2) is 18.2 Å². The second kappa shape index (κ2) is 8.81. The third-order valence-electron chi connectivity index (χ3n) is 3.86. The minimum atomic E-state index is -0.269. The van der Waals surface area contributed by atoms with Gasteiger partial charge in [0.1, 0.15) is 5.82 Å². The summed E-state index contributed by atoms with van der Waals surface area (Å²) < 4.78 is 19.6. The Hall–Kier alpha value is -1.37. The number of aliphatic hydroxyl groups is 1. The van der Waals surface area contributed by atoms with E-state index in [2.05, 4.69) is 11.8 Å². The maximum absolute atomic E-state index is 13.9. The summed E-state index contributed by atoms with van der Waals surface area (Å²) in [4.78, 5) is 0. The topological polar surface area (TPSA) is 29.5 Å². The molecule has 0 radical (unpaired) electrons. The molecule has 0 spiro atoms. The van der Waals surface area contributed by atoms with Gasteiger partial charge in [0.05, 0.1) is 13.2 Å². The lowest BCUT2D eigenvalue weighted by Crippen LogP contribution is -2.13. The van der Waals surface area contributed by atoms with Gasteiger partial charge in [-0.15, -0.1) is 0 Å². The molecular weight excluding hydrogens is 267 g/mol. The summed E-state index contributed by atoms with van der Waals surface area (Å²) in [6.45, 7) is 1.09. The number of benzene rings is 1. The van der Waals surface area contributed by atoms with Gasteiger partial charge in [0.25, 0.3) is 0 Å². The summed E-state index contributed by atoms with van der Waals surface area (Å²) in [5.74, 6) is 5.99. The average Bonchev–Trinajstić information content (AvgIpc) is 2.51. The molecule has 0 amide bonds. The number of hydrogen-bond acceptors (Lipinski definition) is 2. The zero-order valence-electron chi connectivity index (χ0n) is 12.4. The monoisotopic (exact) mass is 290 g/mol. The van der Waals surface area contributed by atoms with E-state index < -0.39 is 0 Å². The molecule has 0 aromatic heterocycles. The largest absolute Gasteiger partial charge is 0.395 e. The van der Waals surface area contributed by atoms with Gasteiger partial charge in [0, 0.05) is 24.2 Å². The van der Waals surface area contributed by atoms with Crippen LogP contribution >= 0.6 is 0 Å². The van der Waals surface area contributed by atoms with Gasteiger partial charge in [0.15, 0.2) is 0 Å². The molecular formula is C18H23FO2. The molecule has 0 aliphatic heterocycles. The fourth-order valence-electron chi connectivity index (χ4n) is 2.65. The summed E-state index contributed by atoms with van der Waals surface area (Å²) in [5.41, 5.74) is 1.22. The quantitative estimate of drug-likeness (QED) is 0.839. The van der Waals surface area contributed by atoms with E-state index in [4.69, 9.17) is 9.84 Å². The van der Waals surface area contributed by atoms with Crippen molar-refractivity contribution >= 4 is 0 Å². The predicted octanol–water partition coefficient (Wildman–Crippen LogP) is 3.66. The molecule has 1 fully saturated rings. The van der Waals surface area contributed by atoms with E-state index in [0.717, 1.165) is 6.61 Å². The number of rotatable bonds is 5. The molecule has 0 heterocycles. The molecule has 114 valence electrons. The molecule has 0 atom stereocenters. The van der Waals surface area contributed by atoms with Crippen LogP contribution < -0.4 is 0 Å². The van der Waals surface area contributed by atoms with Crippen molar-refractivity contribution in [2.75, 3.05) is 13.2 Å². The van der Waals surface area contributed by atoms with Crippen molar-refractivity contribution < 1.29 is 14.2 Å². The van der Waals surface area contributed by atoms with Crippen molar-refractivity contribution in [2.45, 2.75) is 45.1 Å². The van der Waals surface area contributed by atoms with Crippen molar-refractivity contribution in [3.8, 4) is 11.8 Å². The van der Waals surface area contributed by atoms with E-state index in [9.17, 15) is 4.39 Å². The van der Waals surface area contributed by atoms with Crippen LogP contribution in [0.5, 0.6) is 0 Å². The molecule has 1 aliphatic rings. The first-order valence-corrected chi connectivity index (χ1v) is 7.75. The maximum Gasteiger partial charge on any atom is 0.129 e. The van der Waals surface area contributed by atoms with E-state index in [1.807, 2.05) is 0 Å². The molecule has 0 unspecified atom stereocenters. The Kier molecular flexibility index (Phi) is 6.72. The van der Waals surface area contributed by atoms with Gasteiger partial charge in [-0.3, -0.25) is 0 Å². The summed E-state index contributed by atoms with van der Waals surface area (Å²) in [6.07, 6.45) is 6.81. The Labute approximate surface area is 126 Å². The van der Waals surface area contributed by atoms with Crippen LogP contribution in [0.4, 0.5) is 4.39 Å². The summed E-state index contributed by atoms with van der Waals surface area (Å²) in [5, 5.41) is 8.65. The maximum atomic E-state index is 13.9. The average molecular weight is 290 g/mol. The van der Waals surface area contributed by atoms with Crippen molar-refractivity contribution in [1.82, 2.24) is 0 Å². The first kappa shape index (κ1) is 16.0. The van der Waals surface area contributed by atoms with Crippen molar-refractivity contribution in [1.29, 1.82) is 0 Å². The second-order valence-corrected chi connectivity index (χ2v) is 5.60. The molecule has 0 saturated heterocycles. The minimum Gasteiger partial charge on any atom is -0.395 e. The van der Waals surface area contributed by atoms with Gasteiger partial charge in [-0.05, 0) is 30.9 Å². The number of hydrogen-bond donors (Lipinski definition) is 1. The highest BCUT2D eigenvalue weighted by Crippen LogP contribution is 2.24. The normalized spacial score (nSPS) is 15.5. The van der Waals surface area contributed by atoms with E-state index in [1.165, 1.54) is 38.2 Å². The van der Waals surface area contributed by atoms with Crippen molar-refractivity contribution in [3.63, 3.8) is 0 Å². The van der Waals surface area contributed by atoms with Gasteiger partial charge in [-0.2, -0.15) is 0 Å². The highest BCUT2D eigenvalue weighted by molar-refractivity contribution is 5.36. The molecule has 2 nitrogen and oxygen atoms in total. The molecule has 2 rings (SSSR count). The predicted molar refractivity (Wildman–Crippen MR) is 81.2 cm³/mol. The Morgan fingerprint density at radius 3 is 2.76 bits per heavy atom. The van der Waals surface area contributed by atoms with Crippen LogP contribution in [0.1, 0.15) is 49.7 Å². The third-order valence-corrected chi connectivity index (χ3v) is 3.86. The minimum absolute atomic E-state index is 0.0303. The standard InChI is InChI=1S/C18H23FO2/c19-18-12-15(6-4-5-11-20)9-10-17(18)14-21-13-16-7-2-1-3-8-16/h9-10,12,16,20H,1-3,5,7-8,11,13-14H2. The van der Waals surface area contributed by atoms with Crippen LogP contribution in [0, 0.1) is 23.6 Å². The highest BCUT2D eigenvalue weighted by atomic mass is 19.1. The molecule has 3 heteroatoms. The van der Waals surface area contributed by atoms with Crippen LogP contribution in [0.3, 0.4) is 0 Å². The lowest BCUT2D eigenvalue weighted by Gasteiger charge is -2.21. The molecule has 1 saturated carbocycles. The van der Waals surface area contributed by atoms with Crippen molar-refractivity contribution in [2.24, 2.45) is 5.92 Å². The summed E-state index contributed by atoms with van der Waals surface area (Å²) >= 11 is 0. The van der Waals surface area contributed by atoms with Gasteiger partial charge in [-0.1, -0.05) is 37.2 Å². The molecule has 1 aromatic carbocycles. The van der Waals surface area contributed by atoms with E-state index in [1.54, 1.807) is 12.1 Å². The fourth-order valence-corrected chi connectivity index (χ4v) is 2.65. The smallest absolute Gasteiger partial charge is 0.129 e. The fraction of sp³-hybridized carbons (Fsp3) is 0.556. The molecule has 21 heavy (non-hydrogen) atoms. The number of ether oxygens (including phenoxy) is 1. The van der Waals surface area contributed by atoms with E-state index in [-0.39, 0.29) is 12.4 Å². The molecule has 1 aromatic rings. The summed E-state index contributed by atoms with van der Waals surface area (Å²) in [6, 6.07) is 4.97. The SMILES string of the molecule is OCCC#Cc1ccc(COCC2CCCCC2)c(F)c1. The Balaban J connectivity index is 1.82. The molecule has 1 aliphatic carbocycles. The highest BCUT2D eigenvalue weighted by Gasteiger charge is 2.13. The lowest BCUT2D eigenvalue weighted by atomic mass is 9.90. The number of aliphatic hydroxyl groups excluding tert-OH is 1. The zero-order valence-corrected chi connectivity index (χ0v) is 12.4. The summed E-state index contributed by atoms with van der Waals surface area (Å²) in [7, 11) is 0. The molecule has 0 bridgehead atoms. The van der Waals surface area contributed by atoms with E-state index in [0.29, 0.717) is 30.1 Å². The lowest BCUT2D eigenvalue weighted by molar-refractivity contribution is 0.0723. The van der Waals surface area contributed by atoms with Gasteiger partial charge in [-0.25, -0.2) is 4.39 Å². The van der Waals surface area contributed by atoms with E-state index >= 15 is 0 Å². The van der Waals surface area contributed by atoms with Gasteiger partial charge < -0.3 is 9.84 Å². The Bertz CT molecular complexity index is 496. The first-order valence-electron chi connectivity index (χ1n) is 7.75. The van der Waals surface area contributed by atoms with Gasteiger partial charge >= 0.3 is 0 Å². The Morgan fingerprint density at radius 2 is 2.05 bits per heavy atom. The van der Waals surface area contributed by atoms with Gasteiger partial charge in [0.2, 0.25) is 0 Å². The van der Waals surface area contributed by atoms with Crippen molar-refractivity contribution in [3.05, 3.63) is 35.1 Å². The van der Waals surface area contributed by atoms with Crippen LogP contribution in [-0.4, -0.2) is 18.3 Å². The zero-order chi connectivity index (χ0) is 14.9. The number of halogens is 1. The molecule has 1 N–H and O–H groups in total. The Morgan fingerprint density at radius 1 is 1.24 bits per heavy atom. The van der Waals surface area contributed by atoms with Crippen LogP contribution in [0.25, 0.3) is 0 Å². The second-order valence-electron chi connectivity index (χ2n) is 5.60. The third kappa shape index (κ3) is 5.49. The van der Waals surface area contributed by atoms with Crippen LogP contribution in [0.2, 0.25) is 0 Å². The first-order chi connectivity index (χ1) is 10.3. The van der Waals surface area contributed by atoms with Crippen LogP contribution in [-0.2, 0) is 11.3 Å².